The van der Waals surface area contributed by atoms with Crippen LogP contribution in [-0.2, 0) is 22.6 Å². The molecule has 0 radical (unpaired) electrons. The molecule has 2 aromatic rings. The Morgan fingerprint density at radius 2 is 1.57 bits per heavy atom. The van der Waals surface area contributed by atoms with E-state index in [4.69, 9.17) is 4.74 Å². The fraction of sp³-hybridized carbons (Fsp3) is 0.364. The Labute approximate surface area is 165 Å². The fourth-order valence-electron chi connectivity index (χ4n) is 3.18. The molecule has 1 atom stereocenters. The van der Waals surface area contributed by atoms with Crippen LogP contribution in [0.1, 0.15) is 24.0 Å². The van der Waals surface area contributed by atoms with Crippen molar-refractivity contribution in [1.29, 1.82) is 0 Å². The highest BCUT2D eigenvalue weighted by Gasteiger charge is 2.27. The first-order valence-corrected chi connectivity index (χ1v) is 9.60. The maximum Gasteiger partial charge on any atom is 0.329 e. The van der Waals surface area contributed by atoms with Crippen molar-refractivity contribution in [2.45, 2.75) is 38.0 Å². The molecule has 1 aliphatic rings. The summed E-state index contributed by atoms with van der Waals surface area (Å²) in [5.41, 5.74) is 1.84. The van der Waals surface area contributed by atoms with Gasteiger partial charge in [-0.25, -0.2) is 9.59 Å². The van der Waals surface area contributed by atoms with E-state index in [1.54, 1.807) is 4.90 Å². The highest BCUT2D eigenvalue weighted by molar-refractivity contribution is 5.84. The number of nitrogens with zero attached hydrogens (tertiary/aromatic N) is 1. The molecule has 28 heavy (non-hydrogen) atoms. The number of amides is 2. The molecule has 2 amide bonds. The van der Waals surface area contributed by atoms with Gasteiger partial charge in [-0.3, -0.25) is 0 Å². The molecule has 0 saturated carbocycles. The first-order chi connectivity index (χ1) is 13.6. The van der Waals surface area contributed by atoms with Gasteiger partial charge in [-0.2, -0.15) is 0 Å². The summed E-state index contributed by atoms with van der Waals surface area (Å²) in [6.07, 6.45) is 1.10. The summed E-state index contributed by atoms with van der Waals surface area (Å²) in [7, 11) is 0. The quantitative estimate of drug-likeness (QED) is 0.753. The number of benzene rings is 2. The summed E-state index contributed by atoms with van der Waals surface area (Å²) in [5.74, 6) is -0.460. The van der Waals surface area contributed by atoms with Crippen LogP contribution in [0.2, 0.25) is 0 Å². The maximum absolute atomic E-state index is 12.7. The summed E-state index contributed by atoms with van der Waals surface area (Å²) in [5, 5.41) is 12.4. The molecule has 0 unspecified atom stereocenters. The van der Waals surface area contributed by atoms with Gasteiger partial charge >= 0.3 is 12.0 Å². The van der Waals surface area contributed by atoms with Gasteiger partial charge in [0.25, 0.3) is 0 Å². The van der Waals surface area contributed by atoms with Gasteiger partial charge < -0.3 is 20.1 Å². The first kappa shape index (κ1) is 19.9. The van der Waals surface area contributed by atoms with Crippen molar-refractivity contribution < 1.29 is 19.4 Å². The first-order valence-electron chi connectivity index (χ1n) is 9.60. The third-order valence-electron chi connectivity index (χ3n) is 4.84. The minimum absolute atomic E-state index is 0.163. The second kappa shape index (κ2) is 9.90. The second-order valence-corrected chi connectivity index (χ2v) is 7.00. The summed E-state index contributed by atoms with van der Waals surface area (Å²) in [4.78, 5) is 26.9. The molecule has 1 fully saturated rings. The number of aliphatic hydroxyl groups excluding tert-OH is 1. The number of carbonyl (C=O) groups excluding carboxylic acids is 2. The van der Waals surface area contributed by atoms with Crippen LogP contribution in [-0.4, -0.2) is 47.2 Å². The summed E-state index contributed by atoms with van der Waals surface area (Å²) in [6.45, 7) is 1.12. The Bertz CT molecular complexity index is 759. The van der Waals surface area contributed by atoms with Crippen LogP contribution in [0.15, 0.2) is 60.7 Å². The monoisotopic (exact) mass is 382 g/mol. The lowest BCUT2D eigenvalue weighted by molar-refractivity contribution is -0.147. The molecule has 1 saturated heterocycles. The molecule has 0 bridgehead atoms. The van der Waals surface area contributed by atoms with E-state index in [0.29, 0.717) is 32.4 Å². The standard InChI is InChI=1S/C22H26N2O4/c25-19-11-13-24(14-12-19)22(27)23-20(15-17-7-3-1-4-8-17)21(26)28-16-18-9-5-2-6-10-18/h1-10,19-20,25H,11-16H2,(H,23,27)/t20-/m0/s1. The molecular formula is C22H26N2O4. The van der Waals surface area contributed by atoms with E-state index in [0.717, 1.165) is 11.1 Å². The number of ether oxygens (including phenoxy) is 1. The third kappa shape index (κ3) is 5.82. The number of aliphatic hydroxyl groups is 1. The lowest BCUT2D eigenvalue weighted by Gasteiger charge is -2.31. The van der Waals surface area contributed by atoms with Crippen LogP contribution in [0.3, 0.4) is 0 Å². The van der Waals surface area contributed by atoms with Gasteiger partial charge in [0.05, 0.1) is 6.10 Å². The maximum atomic E-state index is 12.7. The molecule has 0 aromatic heterocycles. The smallest absolute Gasteiger partial charge is 0.329 e. The number of rotatable bonds is 6. The average Bonchev–Trinajstić information content (AvgIpc) is 2.73. The number of esters is 1. The van der Waals surface area contributed by atoms with Crippen molar-refractivity contribution in [2.75, 3.05) is 13.1 Å². The Kier molecular flexibility index (Phi) is 7.03. The minimum Gasteiger partial charge on any atom is -0.459 e. The molecule has 2 N–H and O–H groups in total. The van der Waals surface area contributed by atoms with Gasteiger partial charge in [0.15, 0.2) is 0 Å². The number of hydrogen-bond acceptors (Lipinski definition) is 4. The molecule has 148 valence electrons. The predicted octanol–water partition coefficient (Wildman–Crippen LogP) is 2.51. The Morgan fingerprint density at radius 3 is 2.18 bits per heavy atom. The molecule has 0 spiro atoms. The molecule has 2 aromatic carbocycles. The summed E-state index contributed by atoms with van der Waals surface area (Å²) in [6, 6.07) is 17.9. The highest BCUT2D eigenvalue weighted by atomic mass is 16.5. The van der Waals surface area contributed by atoms with Crippen LogP contribution in [0, 0.1) is 0 Å². The van der Waals surface area contributed by atoms with E-state index in [-0.39, 0.29) is 18.7 Å². The fourth-order valence-corrected chi connectivity index (χ4v) is 3.18. The van der Waals surface area contributed by atoms with E-state index in [2.05, 4.69) is 5.32 Å². The van der Waals surface area contributed by atoms with E-state index in [1.165, 1.54) is 0 Å². The number of carbonyl (C=O) groups is 2. The van der Waals surface area contributed by atoms with Gasteiger partial charge in [0.1, 0.15) is 12.6 Å². The van der Waals surface area contributed by atoms with Gasteiger partial charge in [0.2, 0.25) is 0 Å². The summed E-state index contributed by atoms with van der Waals surface area (Å²) >= 11 is 0. The highest BCUT2D eigenvalue weighted by Crippen LogP contribution is 2.12. The SMILES string of the molecule is O=C(OCc1ccccc1)[C@H](Cc1ccccc1)NC(=O)N1CCC(O)CC1. The van der Waals surface area contributed by atoms with Crippen LogP contribution in [0.5, 0.6) is 0 Å². The van der Waals surface area contributed by atoms with E-state index in [1.807, 2.05) is 60.7 Å². The zero-order valence-corrected chi connectivity index (χ0v) is 15.8. The van der Waals surface area contributed by atoms with Crippen LogP contribution < -0.4 is 5.32 Å². The van der Waals surface area contributed by atoms with Crippen molar-refractivity contribution in [1.82, 2.24) is 10.2 Å². The van der Waals surface area contributed by atoms with Gasteiger partial charge in [-0.15, -0.1) is 0 Å². The lowest BCUT2D eigenvalue weighted by Crippen LogP contribution is -2.51. The predicted molar refractivity (Wildman–Crippen MR) is 106 cm³/mol. The molecular weight excluding hydrogens is 356 g/mol. The molecule has 0 aliphatic carbocycles. The number of piperidine rings is 1. The normalized spacial score (nSPS) is 15.7. The zero-order valence-electron chi connectivity index (χ0n) is 15.8. The van der Waals surface area contributed by atoms with Crippen molar-refractivity contribution in [2.24, 2.45) is 0 Å². The van der Waals surface area contributed by atoms with E-state index >= 15 is 0 Å². The second-order valence-electron chi connectivity index (χ2n) is 7.00. The molecule has 6 heteroatoms. The molecule has 1 aliphatic heterocycles. The Hall–Kier alpha value is -2.86. The van der Waals surface area contributed by atoms with Crippen molar-refractivity contribution in [3.05, 3.63) is 71.8 Å². The van der Waals surface area contributed by atoms with Crippen molar-refractivity contribution in [3.8, 4) is 0 Å². The average molecular weight is 382 g/mol. The number of likely N-dealkylation sites (tertiary alicyclic amines) is 1. The molecule has 1 heterocycles. The Morgan fingerprint density at radius 1 is 1.00 bits per heavy atom. The number of hydrogen-bond donors (Lipinski definition) is 2. The zero-order chi connectivity index (χ0) is 19.8. The topological polar surface area (TPSA) is 78.9 Å². The Balaban J connectivity index is 1.63. The number of nitrogens with one attached hydrogen (secondary N) is 1. The molecule has 6 nitrogen and oxygen atoms in total. The van der Waals surface area contributed by atoms with Crippen LogP contribution in [0.25, 0.3) is 0 Å². The van der Waals surface area contributed by atoms with Gasteiger partial charge in [-0.1, -0.05) is 60.7 Å². The van der Waals surface area contributed by atoms with E-state index in [9.17, 15) is 14.7 Å². The van der Waals surface area contributed by atoms with Crippen molar-refractivity contribution in [3.63, 3.8) is 0 Å². The lowest BCUT2D eigenvalue weighted by atomic mass is 10.1. The number of urea groups is 1. The largest absolute Gasteiger partial charge is 0.459 e. The van der Waals surface area contributed by atoms with Gasteiger partial charge in [0, 0.05) is 19.5 Å². The molecule has 3 rings (SSSR count). The van der Waals surface area contributed by atoms with Gasteiger partial charge in [-0.05, 0) is 24.0 Å². The third-order valence-corrected chi connectivity index (χ3v) is 4.84. The van der Waals surface area contributed by atoms with Crippen molar-refractivity contribution >= 4 is 12.0 Å². The minimum atomic E-state index is -0.773. The van der Waals surface area contributed by atoms with E-state index < -0.39 is 12.0 Å². The summed E-state index contributed by atoms with van der Waals surface area (Å²) < 4.78 is 5.46. The van der Waals surface area contributed by atoms with Crippen LogP contribution >= 0.6 is 0 Å². The van der Waals surface area contributed by atoms with Crippen LogP contribution in [0.4, 0.5) is 4.79 Å².